The first kappa shape index (κ1) is 36.6. The summed E-state index contributed by atoms with van der Waals surface area (Å²) in [6, 6.07) is 5.72. The molecule has 3 saturated heterocycles. The summed E-state index contributed by atoms with van der Waals surface area (Å²) < 4.78 is 56.0. The third-order valence-electron chi connectivity index (χ3n) is 12.1. The van der Waals surface area contributed by atoms with E-state index < -0.39 is 17.4 Å². The SMILES string of the molecule is C#Cc1c(F)ccc2cc(O)cc(-c3nc(OC)c4c(N5CCO[C@@](C)(O)C5)nc(OC[C@]56CCC[C@H]5N(CC5(C)CCOCC5)CCC6)nc4c3F)c12. The molecule has 4 aliphatic rings. The van der Waals surface area contributed by atoms with Gasteiger partial charge in [-0.05, 0) is 81.0 Å². The van der Waals surface area contributed by atoms with Gasteiger partial charge in [0.1, 0.15) is 34.0 Å². The topological polar surface area (TPSA) is 123 Å². The Balaban J connectivity index is 1.23. The number of nitrogens with zero attached hydrogens (tertiary/aromatic N) is 5. The predicted molar refractivity (Wildman–Crippen MR) is 200 cm³/mol. The number of fused-ring (bicyclic) bond motifs is 3. The Hall–Kier alpha value is -4.35. The fourth-order valence-corrected chi connectivity index (χ4v) is 9.43. The highest BCUT2D eigenvalue weighted by Gasteiger charge is 2.50. The first-order chi connectivity index (χ1) is 25.9. The maximum atomic E-state index is 17.3. The number of pyridine rings is 1. The van der Waals surface area contributed by atoms with E-state index in [0.717, 1.165) is 71.2 Å². The van der Waals surface area contributed by atoms with Crippen molar-refractivity contribution in [2.24, 2.45) is 10.8 Å². The lowest BCUT2D eigenvalue weighted by Crippen LogP contribution is -2.55. The highest BCUT2D eigenvalue weighted by molar-refractivity contribution is 6.04. The van der Waals surface area contributed by atoms with Gasteiger partial charge in [0.05, 0.1) is 32.4 Å². The number of phenolic OH excluding ortho intramolecular Hbond substituents is 1. The standard InChI is InChI=1S/C41H47F2N5O6/c1-5-27-29(42)10-9-25-20-26(49)21-28(31(25)27)34-33(43)35-32(37(44-34)51-4)36(48-16-19-54-40(3,50)23-48)46-38(45-35)53-24-41-11-6-8-30(41)47(15-7-12-41)22-39(2)13-17-52-18-14-39/h1,9-10,20-21,30,49-50H,6-8,11-19,22-24H2,2-4H3/t30-,40-,41-/m1/s1. The molecule has 2 aromatic carbocycles. The molecule has 0 unspecified atom stereocenters. The number of aromatic hydroxyl groups is 1. The van der Waals surface area contributed by atoms with Crippen LogP contribution < -0.4 is 14.4 Å². The minimum Gasteiger partial charge on any atom is -0.508 e. The molecule has 11 nitrogen and oxygen atoms in total. The van der Waals surface area contributed by atoms with Crippen LogP contribution in [0.25, 0.3) is 32.9 Å². The Morgan fingerprint density at radius 1 is 1.02 bits per heavy atom. The number of piperidine rings is 1. The maximum Gasteiger partial charge on any atom is 0.319 e. The number of phenols is 1. The molecule has 2 N–H and O–H groups in total. The molecule has 0 spiro atoms. The zero-order valence-electron chi connectivity index (χ0n) is 31.1. The van der Waals surface area contributed by atoms with Crippen molar-refractivity contribution in [3.63, 3.8) is 0 Å². The highest BCUT2D eigenvalue weighted by Crippen LogP contribution is 2.50. The summed E-state index contributed by atoms with van der Waals surface area (Å²) in [5, 5.41) is 22.4. The van der Waals surface area contributed by atoms with Gasteiger partial charge in [0.2, 0.25) is 5.88 Å². The lowest BCUT2D eigenvalue weighted by atomic mass is 9.73. The Kier molecular flexibility index (Phi) is 9.53. The molecule has 0 amide bonds. The summed E-state index contributed by atoms with van der Waals surface area (Å²) in [5.41, 5.74) is -0.321. The van der Waals surface area contributed by atoms with E-state index in [4.69, 9.17) is 30.4 Å². The van der Waals surface area contributed by atoms with Crippen molar-refractivity contribution in [1.82, 2.24) is 19.9 Å². The number of hydrogen-bond acceptors (Lipinski definition) is 11. The molecular formula is C41H47F2N5O6. The predicted octanol–water partition coefficient (Wildman–Crippen LogP) is 6.19. The number of aliphatic hydroxyl groups is 1. The van der Waals surface area contributed by atoms with Crippen LogP contribution >= 0.6 is 0 Å². The number of benzene rings is 2. The van der Waals surface area contributed by atoms with Gasteiger partial charge >= 0.3 is 6.01 Å². The van der Waals surface area contributed by atoms with Gasteiger partial charge < -0.3 is 34.1 Å². The van der Waals surface area contributed by atoms with Crippen molar-refractivity contribution in [3.05, 3.63) is 41.5 Å². The van der Waals surface area contributed by atoms with Gasteiger partial charge in [-0.15, -0.1) is 6.42 Å². The van der Waals surface area contributed by atoms with Gasteiger partial charge in [0.15, 0.2) is 11.6 Å². The summed E-state index contributed by atoms with van der Waals surface area (Å²) in [6.07, 6.45) is 13.1. The quantitative estimate of drug-likeness (QED) is 0.201. The molecule has 4 fully saturated rings. The van der Waals surface area contributed by atoms with E-state index in [9.17, 15) is 10.2 Å². The number of aromatic nitrogens is 3. The first-order valence-electron chi connectivity index (χ1n) is 18.9. The largest absolute Gasteiger partial charge is 0.508 e. The van der Waals surface area contributed by atoms with Crippen molar-refractivity contribution in [2.75, 3.05) is 64.6 Å². The number of anilines is 1. The van der Waals surface area contributed by atoms with E-state index in [0.29, 0.717) is 24.6 Å². The molecule has 3 atom stereocenters. The number of morpholine rings is 1. The number of methoxy groups -OCH3 is 1. The minimum atomic E-state index is -1.51. The highest BCUT2D eigenvalue weighted by atomic mass is 19.1. The molecule has 1 aliphatic carbocycles. The van der Waals surface area contributed by atoms with Gasteiger partial charge in [0.25, 0.3) is 0 Å². The molecule has 13 heteroatoms. The number of likely N-dealkylation sites (tertiary alicyclic amines) is 1. The van der Waals surface area contributed by atoms with E-state index in [-0.39, 0.29) is 80.5 Å². The fourth-order valence-electron chi connectivity index (χ4n) is 9.43. The molecule has 1 saturated carbocycles. The molecule has 2 aromatic heterocycles. The van der Waals surface area contributed by atoms with Crippen LogP contribution in [0.1, 0.15) is 64.4 Å². The monoisotopic (exact) mass is 743 g/mol. The van der Waals surface area contributed by atoms with Gasteiger partial charge in [-0.3, -0.25) is 4.90 Å². The zero-order chi connectivity index (χ0) is 37.8. The van der Waals surface area contributed by atoms with Crippen molar-refractivity contribution >= 4 is 27.5 Å². The Morgan fingerprint density at radius 3 is 2.57 bits per heavy atom. The summed E-state index contributed by atoms with van der Waals surface area (Å²) in [4.78, 5) is 18.6. The molecule has 5 heterocycles. The lowest BCUT2D eigenvalue weighted by molar-refractivity contribution is -0.193. The van der Waals surface area contributed by atoms with Crippen LogP contribution in [0.2, 0.25) is 0 Å². The Bertz CT molecular complexity index is 2140. The second-order valence-electron chi connectivity index (χ2n) is 16.0. The van der Waals surface area contributed by atoms with Gasteiger partial charge in [0, 0.05) is 48.7 Å². The molecule has 54 heavy (non-hydrogen) atoms. The van der Waals surface area contributed by atoms with Gasteiger partial charge in [-0.1, -0.05) is 25.3 Å². The summed E-state index contributed by atoms with van der Waals surface area (Å²) in [5.74, 6) is -0.583. The number of halogens is 2. The van der Waals surface area contributed by atoms with E-state index >= 15 is 8.78 Å². The number of β-amino-alcohol motifs (C(OH)–C–C–N with tert-alkyl or cyclic N) is 1. The van der Waals surface area contributed by atoms with E-state index in [1.54, 1.807) is 11.8 Å². The number of hydrogen-bond donors (Lipinski definition) is 2. The number of rotatable bonds is 8. The third-order valence-corrected chi connectivity index (χ3v) is 12.1. The lowest BCUT2D eigenvalue weighted by Gasteiger charge is -2.49. The average Bonchev–Trinajstić information content (AvgIpc) is 3.59. The smallest absolute Gasteiger partial charge is 0.319 e. The normalized spacial score (nSPS) is 25.8. The van der Waals surface area contributed by atoms with Crippen LogP contribution in [-0.2, 0) is 9.47 Å². The number of terminal acetylenes is 1. The van der Waals surface area contributed by atoms with Crippen LogP contribution in [0, 0.1) is 34.8 Å². The molecule has 0 radical (unpaired) electrons. The van der Waals surface area contributed by atoms with Crippen LogP contribution in [0.3, 0.4) is 0 Å². The Labute approximate surface area is 313 Å². The van der Waals surface area contributed by atoms with Crippen LogP contribution in [0.5, 0.6) is 17.6 Å². The first-order valence-corrected chi connectivity index (χ1v) is 18.9. The fraction of sp³-hybridized carbons (Fsp3) is 0.537. The molecular weight excluding hydrogens is 696 g/mol. The van der Waals surface area contributed by atoms with Crippen LogP contribution in [0.15, 0.2) is 24.3 Å². The van der Waals surface area contributed by atoms with Gasteiger partial charge in [-0.25, -0.2) is 13.8 Å². The van der Waals surface area contributed by atoms with E-state index in [1.165, 1.54) is 31.4 Å². The molecule has 286 valence electrons. The minimum absolute atomic E-state index is 0.0109. The summed E-state index contributed by atoms with van der Waals surface area (Å²) in [6.45, 7) is 8.50. The summed E-state index contributed by atoms with van der Waals surface area (Å²) >= 11 is 0. The second kappa shape index (κ2) is 14.1. The van der Waals surface area contributed by atoms with Gasteiger partial charge in [-0.2, -0.15) is 9.97 Å². The summed E-state index contributed by atoms with van der Waals surface area (Å²) in [7, 11) is 1.40. The third kappa shape index (κ3) is 6.57. The van der Waals surface area contributed by atoms with Crippen molar-refractivity contribution in [1.29, 1.82) is 0 Å². The molecule has 0 bridgehead atoms. The number of ether oxygens (including phenoxy) is 4. The van der Waals surface area contributed by atoms with Crippen molar-refractivity contribution in [2.45, 2.75) is 70.6 Å². The van der Waals surface area contributed by atoms with E-state index in [2.05, 4.69) is 27.7 Å². The Morgan fingerprint density at radius 2 is 1.81 bits per heavy atom. The molecule has 4 aromatic rings. The average molecular weight is 744 g/mol. The maximum absolute atomic E-state index is 17.3. The zero-order valence-corrected chi connectivity index (χ0v) is 31.1. The molecule has 3 aliphatic heterocycles. The van der Waals surface area contributed by atoms with E-state index in [1.807, 2.05) is 0 Å². The van der Waals surface area contributed by atoms with Crippen molar-refractivity contribution in [3.8, 4) is 41.2 Å². The van der Waals surface area contributed by atoms with Crippen LogP contribution in [-0.4, -0.2) is 102 Å². The second-order valence-corrected chi connectivity index (χ2v) is 16.0. The van der Waals surface area contributed by atoms with Crippen molar-refractivity contribution < 1.29 is 37.9 Å². The molecule has 8 rings (SSSR count). The van der Waals surface area contributed by atoms with Crippen LogP contribution in [0.4, 0.5) is 14.6 Å².